The summed E-state index contributed by atoms with van der Waals surface area (Å²) in [5.41, 5.74) is 7.54. The first-order valence-corrected chi connectivity index (χ1v) is 11.0. The lowest BCUT2D eigenvalue weighted by Gasteiger charge is -2.64. The summed E-state index contributed by atoms with van der Waals surface area (Å²) in [7, 11) is 0. The van der Waals surface area contributed by atoms with E-state index in [1.54, 1.807) is 5.56 Å². The maximum atomic E-state index is 2.74. The number of fused-ring (bicyclic) bond motifs is 3. The minimum absolute atomic E-state index is 0.225. The van der Waals surface area contributed by atoms with E-state index in [1.165, 1.54) is 48.1 Å². The highest BCUT2D eigenvalue weighted by molar-refractivity contribution is 5.66. The second-order valence-electron chi connectivity index (χ2n) is 9.43. The summed E-state index contributed by atoms with van der Waals surface area (Å²) in [6, 6.07) is 29.5. The minimum Gasteiger partial charge on any atom is -0.363 e. The van der Waals surface area contributed by atoms with E-state index in [9.17, 15) is 0 Å². The van der Waals surface area contributed by atoms with Gasteiger partial charge in [-0.2, -0.15) is 0 Å². The molecule has 1 atom stereocenters. The van der Waals surface area contributed by atoms with Gasteiger partial charge in [-0.15, -0.1) is 0 Å². The summed E-state index contributed by atoms with van der Waals surface area (Å²) in [6.07, 6.45) is 5.10. The average Bonchev–Trinajstić information content (AvgIpc) is 2.76. The number of benzene rings is 3. The topological polar surface area (TPSA) is 3.24 Å². The molecule has 3 fully saturated rings. The number of hydrogen-bond acceptors (Lipinski definition) is 1. The molecule has 1 unspecified atom stereocenters. The van der Waals surface area contributed by atoms with Crippen molar-refractivity contribution in [3.63, 3.8) is 0 Å². The fourth-order valence-corrected chi connectivity index (χ4v) is 6.19. The van der Waals surface area contributed by atoms with Gasteiger partial charge in [0.25, 0.3) is 0 Å². The Morgan fingerprint density at radius 3 is 2.03 bits per heavy atom. The van der Waals surface area contributed by atoms with Crippen molar-refractivity contribution in [2.24, 2.45) is 0 Å². The molecule has 29 heavy (non-hydrogen) atoms. The number of para-hydroxylation sites is 1. The van der Waals surface area contributed by atoms with Gasteiger partial charge in [-0.1, -0.05) is 66.7 Å². The zero-order chi connectivity index (χ0) is 20.1. The van der Waals surface area contributed by atoms with Gasteiger partial charge in [-0.25, -0.2) is 0 Å². The first-order valence-electron chi connectivity index (χ1n) is 11.0. The van der Waals surface area contributed by atoms with Gasteiger partial charge in [0, 0.05) is 22.7 Å². The van der Waals surface area contributed by atoms with Gasteiger partial charge in [0.2, 0.25) is 0 Å². The molecule has 0 radical (unpaired) electrons. The van der Waals surface area contributed by atoms with Gasteiger partial charge in [0.05, 0.1) is 0 Å². The fourth-order valence-electron chi connectivity index (χ4n) is 6.19. The maximum Gasteiger partial charge on any atom is 0.0378 e. The van der Waals surface area contributed by atoms with Crippen molar-refractivity contribution in [3.05, 3.63) is 90.0 Å². The van der Waals surface area contributed by atoms with Crippen molar-refractivity contribution in [2.45, 2.75) is 63.5 Å². The van der Waals surface area contributed by atoms with Crippen molar-refractivity contribution in [1.29, 1.82) is 0 Å². The minimum atomic E-state index is 0.225. The van der Waals surface area contributed by atoms with Crippen LogP contribution in [0.5, 0.6) is 0 Å². The lowest BCUT2D eigenvalue weighted by atomic mass is 9.55. The number of aryl methyl sites for hydroxylation is 1. The molecule has 1 aliphatic carbocycles. The van der Waals surface area contributed by atoms with E-state index >= 15 is 0 Å². The van der Waals surface area contributed by atoms with Crippen LogP contribution in [-0.2, 0) is 5.41 Å². The summed E-state index contributed by atoms with van der Waals surface area (Å²) in [5.74, 6) is 0. The number of rotatable bonds is 3. The molecule has 2 saturated heterocycles. The van der Waals surface area contributed by atoms with Crippen LogP contribution in [0.15, 0.2) is 78.9 Å². The zero-order valence-corrected chi connectivity index (χ0v) is 17.9. The van der Waals surface area contributed by atoms with Gasteiger partial charge in [0.1, 0.15) is 0 Å². The van der Waals surface area contributed by atoms with E-state index < -0.39 is 0 Å². The summed E-state index contributed by atoms with van der Waals surface area (Å²) in [5, 5.41) is 0. The van der Waals surface area contributed by atoms with E-state index in [2.05, 4.69) is 105 Å². The van der Waals surface area contributed by atoms with Gasteiger partial charge >= 0.3 is 0 Å². The lowest BCUT2D eigenvalue weighted by Crippen LogP contribution is -2.67. The van der Waals surface area contributed by atoms with Crippen molar-refractivity contribution < 1.29 is 0 Å². The monoisotopic (exact) mass is 381 g/mol. The molecule has 6 rings (SSSR count). The standard InChI is InChI=1S/C28H31N/c1-21-14-15-24(23-10-6-4-7-11-23)20-26(21)28-18-16-27(3,17-19-28)29(22(28)2)25-12-8-5-9-13-25/h4-15,20,22H,16-19H2,1-3H3. The van der Waals surface area contributed by atoms with Gasteiger partial charge < -0.3 is 4.90 Å². The quantitative estimate of drug-likeness (QED) is 0.466. The molecule has 0 N–H and O–H groups in total. The molecule has 3 aromatic rings. The second kappa shape index (κ2) is 6.76. The third-order valence-corrected chi connectivity index (χ3v) is 7.90. The van der Waals surface area contributed by atoms with E-state index in [4.69, 9.17) is 0 Å². The van der Waals surface area contributed by atoms with Crippen LogP contribution in [0.25, 0.3) is 11.1 Å². The van der Waals surface area contributed by atoms with E-state index in [0.717, 1.165) is 0 Å². The predicted molar refractivity (Wildman–Crippen MR) is 124 cm³/mol. The molecule has 1 nitrogen and oxygen atoms in total. The lowest BCUT2D eigenvalue weighted by molar-refractivity contribution is 0.0981. The summed E-state index contributed by atoms with van der Waals surface area (Å²) in [6.45, 7) is 7.26. The Bertz CT molecular complexity index is 997. The van der Waals surface area contributed by atoms with Crippen molar-refractivity contribution >= 4 is 5.69 Å². The summed E-state index contributed by atoms with van der Waals surface area (Å²) >= 11 is 0. The molecule has 3 aliphatic rings. The molecule has 0 aromatic heterocycles. The third-order valence-electron chi connectivity index (χ3n) is 7.90. The third kappa shape index (κ3) is 2.82. The Morgan fingerprint density at radius 2 is 1.38 bits per heavy atom. The molecule has 2 heterocycles. The Hall–Kier alpha value is -2.54. The molecule has 1 saturated carbocycles. The highest BCUT2D eigenvalue weighted by Gasteiger charge is 2.56. The van der Waals surface area contributed by atoms with E-state index in [1.807, 2.05) is 0 Å². The number of nitrogens with zero attached hydrogens (tertiary/aromatic N) is 1. The van der Waals surface area contributed by atoms with Crippen molar-refractivity contribution in [1.82, 2.24) is 0 Å². The van der Waals surface area contributed by atoms with E-state index in [-0.39, 0.29) is 11.0 Å². The normalized spacial score (nSPS) is 28.5. The molecule has 1 heteroatoms. The first kappa shape index (κ1) is 18.5. The molecule has 2 bridgehead atoms. The van der Waals surface area contributed by atoms with Gasteiger partial charge in [0.15, 0.2) is 0 Å². The highest BCUT2D eigenvalue weighted by Crippen LogP contribution is 2.57. The zero-order valence-electron chi connectivity index (χ0n) is 17.9. The Morgan fingerprint density at radius 1 is 0.759 bits per heavy atom. The summed E-state index contributed by atoms with van der Waals surface area (Å²) in [4.78, 5) is 2.74. The average molecular weight is 382 g/mol. The van der Waals surface area contributed by atoms with Crippen molar-refractivity contribution in [3.8, 4) is 11.1 Å². The molecule has 0 spiro atoms. The molecular weight excluding hydrogens is 350 g/mol. The molecular formula is C28H31N. The molecule has 148 valence electrons. The Balaban J connectivity index is 1.62. The smallest absolute Gasteiger partial charge is 0.0378 e. The van der Waals surface area contributed by atoms with Crippen LogP contribution in [0.3, 0.4) is 0 Å². The van der Waals surface area contributed by atoms with Crippen LogP contribution in [0.1, 0.15) is 50.7 Å². The first-order chi connectivity index (χ1) is 14.0. The predicted octanol–water partition coefficient (Wildman–Crippen LogP) is 7.14. The highest BCUT2D eigenvalue weighted by atomic mass is 15.3. The number of piperidine rings is 2. The number of hydrogen-bond donors (Lipinski definition) is 0. The van der Waals surface area contributed by atoms with Crippen LogP contribution >= 0.6 is 0 Å². The number of anilines is 1. The second-order valence-corrected chi connectivity index (χ2v) is 9.43. The fraction of sp³-hybridized carbons (Fsp3) is 0.357. The van der Waals surface area contributed by atoms with Crippen LogP contribution in [0.2, 0.25) is 0 Å². The molecule has 2 aliphatic heterocycles. The molecule has 0 amide bonds. The van der Waals surface area contributed by atoms with E-state index in [0.29, 0.717) is 6.04 Å². The Kier molecular flexibility index (Phi) is 4.31. The Labute approximate surface area is 175 Å². The SMILES string of the molecule is Cc1ccc(-c2ccccc2)cc1C12CCC(C)(CC1)N(c1ccccc1)C2C. The maximum absolute atomic E-state index is 2.74. The van der Waals surface area contributed by atoms with Crippen LogP contribution in [-0.4, -0.2) is 11.6 Å². The van der Waals surface area contributed by atoms with Crippen molar-refractivity contribution in [2.75, 3.05) is 4.90 Å². The van der Waals surface area contributed by atoms with Crippen LogP contribution in [0, 0.1) is 6.92 Å². The van der Waals surface area contributed by atoms with Crippen LogP contribution in [0.4, 0.5) is 5.69 Å². The largest absolute Gasteiger partial charge is 0.363 e. The van der Waals surface area contributed by atoms with Gasteiger partial charge in [-0.3, -0.25) is 0 Å². The van der Waals surface area contributed by atoms with Gasteiger partial charge in [-0.05, 0) is 80.8 Å². The summed E-state index contributed by atoms with van der Waals surface area (Å²) < 4.78 is 0. The molecule has 3 aromatic carbocycles. The van der Waals surface area contributed by atoms with Crippen LogP contribution < -0.4 is 4.90 Å².